The number of tetrazole rings is 1. The van der Waals surface area contributed by atoms with E-state index in [2.05, 4.69) is 20.8 Å². The molecule has 146 valence electrons. The highest BCUT2D eigenvalue weighted by molar-refractivity contribution is 5.92. The van der Waals surface area contributed by atoms with E-state index in [4.69, 9.17) is 14.2 Å². The first-order chi connectivity index (χ1) is 13.5. The third-order valence-electron chi connectivity index (χ3n) is 4.13. The van der Waals surface area contributed by atoms with Gasteiger partial charge in [-0.05, 0) is 53.2 Å². The molecule has 0 saturated carbocycles. The molecule has 1 aromatic heterocycles. The number of carbonyl (C=O) groups excluding carboxylic acids is 1. The topological polar surface area (TPSA) is 100 Å². The predicted octanol–water partition coefficient (Wildman–Crippen LogP) is 2.18. The minimum Gasteiger partial charge on any atom is -0.494 e. The second-order valence-electron chi connectivity index (χ2n) is 5.94. The van der Waals surface area contributed by atoms with Crippen LogP contribution in [0.3, 0.4) is 0 Å². The summed E-state index contributed by atoms with van der Waals surface area (Å²) in [6, 6.07) is 10.6. The zero-order valence-corrected chi connectivity index (χ0v) is 16.1. The standard InChI is InChI=1S/C19H21N5O4/c1-12-21-22-23-24(12)15-11-14(6-8-16(15)26-2)20-19(25)10-13-5-7-17(27-3)18(9-13)28-4/h5-9,11H,10H2,1-4H3,(H,20,25). The fourth-order valence-electron chi connectivity index (χ4n) is 2.77. The Kier molecular flexibility index (Phi) is 5.73. The van der Waals surface area contributed by atoms with E-state index in [0.717, 1.165) is 5.56 Å². The number of rotatable bonds is 7. The van der Waals surface area contributed by atoms with Crippen molar-refractivity contribution >= 4 is 11.6 Å². The first kappa shape index (κ1) is 19.2. The summed E-state index contributed by atoms with van der Waals surface area (Å²) in [6.45, 7) is 1.78. The van der Waals surface area contributed by atoms with Gasteiger partial charge in [0.15, 0.2) is 17.3 Å². The van der Waals surface area contributed by atoms with Crippen LogP contribution in [0.1, 0.15) is 11.4 Å². The molecule has 0 spiro atoms. The lowest BCUT2D eigenvalue weighted by Crippen LogP contribution is -2.15. The fourth-order valence-corrected chi connectivity index (χ4v) is 2.77. The Morgan fingerprint density at radius 1 is 1.00 bits per heavy atom. The lowest BCUT2D eigenvalue weighted by molar-refractivity contribution is -0.115. The SMILES string of the molecule is COc1ccc(CC(=O)Nc2ccc(OC)c(-n3nnnc3C)c2)cc1OC. The zero-order valence-electron chi connectivity index (χ0n) is 16.1. The Labute approximate surface area is 162 Å². The number of hydrogen-bond acceptors (Lipinski definition) is 7. The molecule has 1 N–H and O–H groups in total. The van der Waals surface area contributed by atoms with Crippen molar-refractivity contribution in [1.82, 2.24) is 20.2 Å². The maximum Gasteiger partial charge on any atom is 0.228 e. The normalized spacial score (nSPS) is 10.4. The highest BCUT2D eigenvalue weighted by Crippen LogP contribution is 2.28. The Hall–Kier alpha value is -3.62. The summed E-state index contributed by atoms with van der Waals surface area (Å²) in [7, 11) is 4.69. The van der Waals surface area contributed by atoms with Crippen LogP contribution in [0.15, 0.2) is 36.4 Å². The van der Waals surface area contributed by atoms with Crippen molar-refractivity contribution in [1.29, 1.82) is 0 Å². The molecule has 0 unspecified atom stereocenters. The number of nitrogens with zero attached hydrogens (tertiary/aromatic N) is 4. The first-order valence-electron chi connectivity index (χ1n) is 8.50. The van der Waals surface area contributed by atoms with Crippen molar-refractivity contribution in [2.75, 3.05) is 26.6 Å². The van der Waals surface area contributed by atoms with Crippen LogP contribution in [0.2, 0.25) is 0 Å². The molecular weight excluding hydrogens is 362 g/mol. The molecule has 0 bridgehead atoms. The van der Waals surface area contributed by atoms with Crippen molar-refractivity contribution < 1.29 is 19.0 Å². The molecule has 0 fully saturated rings. The monoisotopic (exact) mass is 383 g/mol. The minimum absolute atomic E-state index is 0.170. The maximum absolute atomic E-state index is 12.5. The molecule has 0 aliphatic rings. The molecule has 0 aliphatic carbocycles. The van der Waals surface area contributed by atoms with E-state index in [-0.39, 0.29) is 12.3 Å². The lowest BCUT2D eigenvalue weighted by Gasteiger charge is -2.12. The van der Waals surface area contributed by atoms with Gasteiger partial charge in [0.1, 0.15) is 11.4 Å². The summed E-state index contributed by atoms with van der Waals surface area (Å²) in [5.74, 6) is 2.22. The van der Waals surface area contributed by atoms with Gasteiger partial charge in [-0.25, -0.2) is 0 Å². The number of anilines is 1. The van der Waals surface area contributed by atoms with Gasteiger partial charge in [0.05, 0.1) is 27.8 Å². The molecule has 2 aromatic carbocycles. The van der Waals surface area contributed by atoms with Gasteiger partial charge in [-0.15, -0.1) is 5.10 Å². The number of aryl methyl sites for hydroxylation is 1. The highest BCUT2D eigenvalue weighted by Gasteiger charge is 2.13. The van der Waals surface area contributed by atoms with Crippen molar-refractivity contribution in [3.8, 4) is 22.9 Å². The van der Waals surface area contributed by atoms with E-state index in [1.54, 1.807) is 63.3 Å². The fraction of sp³-hybridized carbons (Fsp3) is 0.263. The average molecular weight is 383 g/mol. The van der Waals surface area contributed by atoms with Crippen LogP contribution in [0.5, 0.6) is 17.2 Å². The van der Waals surface area contributed by atoms with Crippen molar-refractivity contribution in [3.05, 3.63) is 47.8 Å². The van der Waals surface area contributed by atoms with Crippen LogP contribution in [0, 0.1) is 6.92 Å². The van der Waals surface area contributed by atoms with Crippen LogP contribution < -0.4 is 19.5 Å². The van der Waals surface area contributed by atoms with Gasteiger partial charge in [-0.3, -0.25) is 4.79 Å². The molecule has 1 heterocycles. The van der Waals surface area contributed by atoms with Crippen LogP contribution in [-0.4, -0.2) is 47.4 Å². The first-order valence-corrected chi connectivity index (χ1v) is 8.50. The second-order valence-corrected chi connectivity index (χ2v) is 5.94. The summed E-state index contributed by atoms with van der Waals surface area (Å²) in [6.07, 6.45) is 0.186. The van der Waals surface area contributed by atoms with E-state index >= 15 is 0 Å². The van der Waals surface area contributed by atoms with Crippen LogP contribution in [0.25, 0.3) is 5.69 Å². The third-order valence-corrected chi connectivity index (χ3v) is 4.13. The number of aromatic nitrogens is 4. The molecule has 0 aliphatic heterocycles. The average Bonchev–Trinajstić information content (AvgIpc) is 3.13. The smallest absolute Gasteiger partial charge is 0.228 e. The van der Waals surface area contributed by atoms with Gasteiger partial charge in [-0.1, -0.05) is 6.07 Å². The van der Waals surface area contributed by atoms with Gasteiger partial charge in [0.2, 0.25) is 5.91 Å². The third kappa shape index (κ3) is 4.03. The Balaban J connectivity index is 1.78. The Morgan fingerprint density at radius 3 is 2.36 bits per heavy atom. The van der Waals surface area contributed by atoms with Crippen LogP contribution >= 0.6 is 0 Å². The summed E-state index contributed by atoms with van der Waals surface area (Å²) >= 11 is 0. The molecule has 9 heteroatoms. The number of hydrogen-bond donors (Lipinski definition) is 1. The van der Waals surface area contributed by atoms with Crippen molar-refractivity contribution in [2.45, 2.75) is 13.3 Å². The second kappa shape index (κ2) is 8.38. The summed E-state index contributed by atoms with van der Waals surface area (Å²) in [4.78, 5) is 12.5. The van der Waals surface area contributed by atoms with Gasteiger partial charge >= 0.3 is 0 Å². The molecular formula is C19H21N5O4. The van der Waals surface area contributed by atoms with E-state index in [0.29, 0.717) is 34.4 Å². The molecule has 0 saturated heterocycles. The van der Waals surface area contributed by atoms with Crippen molar-refractivity contribution in [2.24, 2.45) is 0 Å². The number of nitrogens with one attached hydrogen (secondary N) is 1. The number of methoxy groups -OCH3 is 3. The molecule has 0 radical (unpaired) electrons. The van der Waals surface area contributed by atoms with Crippen LogP contribution in [0.4, 0.5) is 5.69 Å². The van der Waals surface area contributed by atoms with Gasteiger partial charge in [0.25, 0.3) is 0 Å². The predicted molar refractivity (Wildman–Crippen MR) is 102 cm³/mol. The van der Waals surface area contributed by atoms with Gasteiger partial charge in [0, 0.05) is 5.69 Å². The van der Waals surface area contributed by atoms with Crippen LogP contribution in [-0.2, 0) is 11.2 Å². The number of carbonyl (C=O) groups is 1. The molecule has 3 aromatic rings. The maximum atomic E-state index is 12.5. The molecule has 9 nitrogen and oxygen atoms in total. The summed E-state index contributed by atoms with van der Waals surface area (Å²) in [5.41, 5.74) is 2.05. The van der Waals surface area contributed by atoms with E-state index in [1.807, 2.05) is 6.07 Å². The minimum atomic E-state index is -0.170. The number of benzene rings is 2. The molecule has 3 rings (SSSR count). The van der Waals surface area contributed by atoms with Gasteiger partial charge < -0.3 is 19.5 Å². The number of amides is 1. The lowest BCUT2D eigenvalue weighted by atomic mass is 10.1. The zero-order chi connectivity index (χ0) is 20.1. The number of ether oxygens (including phenoxy) is 3. The largest absolute Gasteiger partial charge is 0.494 e. The van der Waals surface area contributed by atoms with E-state index in [9.17, 15) is 4.79 Å². The molecule has 1 amide bonds. The molecule has 0 atom stereocenters. The van der Waals surface area contributed by atoms with Crippen molar-refractivity contribution in [3.63, 3.8) is 0 Å². The highest BCUT2D eigenvalue weighted by atomic mass is 16.5. The van der Waals surface area contributed by atoms with E-state index in [1.165, 1.54) is 0 Å². The van der Waals surface area contributed by atoms with Gasteiger partial charge in [-0.2, -0.15) is 4.68 Å². The quantitative estimate of drug-likeness (QED) is 0.667. The summed E-state index contributed by atoms with van der Waals surface area (Å²) < 4.78 is 17.4. The Bertz CT molecular complexity index is 986. The van der Waals surface area contributed by atoms with E-state index < -0.39 is 0 Å². The Morgan fingerprint density at radius 2 is 1.71 bits per heavy atom. The molecule has 28 heavy (non-hydrogen) atoms. The summed E-state index contributed by atoms with van der Waals surface area (Å²) in [5, 5.41) is 14.4.